The molecular formula is C27H25ClF3NO5. The first-order valence-corrected chi connectivity index (χ1v) is 11.6. The standard InChI is InChI=1S/C24H17ClF3NO4.C3H8O/c25-17-4-8-19(9-5-17)33-20-10-6-18(7-11-20)29-22(31)14-32-21(13-30)23(29)15-2-1-3-16(12-15)24(26,27)28;1-3-4-2/h1-13,21,23H,14H2;3H2,1-2H3. The van der Waals surface area contributed by atoms with Crippen LogP contribution in [0.25, 0.3) is 0 Å². The molecule has 1 saturated heterocycles. The number of nitrogens with zero attached hydrogens (tertiary/aromatic N) is 1. The SMILES string of the molecule is CCOC.O=CC1OCC(=O)N(c2ccc(Oc3ccc(Cl)cc3)cc2)C1c1cccc(C(F)(F)F)c1. The molecule has 2 atom stereocenters. The summed E-state index contributed by atoms with van der Waals surface area (Å²) in [6, 6.07) is 16.6. The van der Waals surface area contributed by atoms with Crippen LogP contribution in [0, 0.1) is 0 Å². The molecule has 1 aliphatic heterocycles. The Bertz CT molecular complexity index is 1180. The van der Waals surface area contributed by atoms with E-state index in [1.54, 1.807) is 55.6 Å². The number of methoxy groups -OCH3 is 1. The molecule has 10 heteroatoms. The van der Waals surface area contributed by atoms with E-state index in [0.29, 0.717) is 28.5 Å². The molecule has 1 amide bonds. The van der Waals surface area contributed by atoms with Crippen LogP contribution in [-0.4, -0.2) is 38.6 Å². The fourth-order valence-corrected chi connectivity index (χ4v) is 3.73. The van der Waals surface area contributed by atoms with Gasteiger partial charge < -0.3 is 19.0 Å². The number of halogens is 4. The summed E-state index contributed by atoms with van der Waals surface area (Å²) in [5, 5.41) is 0.564. The Balaban J connectivity index is 0.000000886. The second kappa shape index (κ2) is 12.7. The van der Waals surface area contributed by atoms with E-state index in [-0.39, 0.29) is 12.2 Å². The fraction of sp³-hybridized carbons (Fsp3) is 0.259. The van der Waals surface area contributed by atoms with Crippen molar-refractivity contribution in [1.82, 2.24) is 0 Å². The predicted molar refractivity (Wildman–Crippen MR) is 133 cm³/mol. The second-order valence-electron chi connectivity index (χ2n) is 7.87. The number of carbonyl (C=O) groups is 2. The molecule has 0 spiro atoms. The number of hydrogen-bond acceptors (Lipinski definition) is 5. The summed E-state index contributed by atoms with van der Waals surface area (Å²) < 4.78 is 55.4. The Kier molecular flexibility index (Phi) is 9.68. The number of rotatable bonds is 6. The van der Waals surface area contributed by atoms with Gasteiger partial charge in [-0.1, -0.05) is 23.7 Å². The van der Waals surface area contributed by atoms with Crippen molar-refractivity contribution in [2.75, 3.05) is 25.2 Å². The quantitative estimate of drug-likeness (QED) is 0.338. The van der Waals surface area contributed by atoms with Crippen LogP contribution in [-0.2, 0) is 25.2 Å². The third kappa shape index (κ3) is 7.31. The van der Waals surface area contributed by atoms with Gasteiger partial charge >= 0.3 is 6.18 Å². The molecule has 196 valence electrons. The number of benzene rings is 3. The molecule has 1 heterocycles. The molecule has 1 fully saturated rings. The van der Waals surface area contributed by atoms with Crippen LogP contribution in [0.4, 0.5) is 18.9 Å². The zero-order chi connectivity index (χ0) is 27.0. The zero-order valence-corrected chi connectivity index (χ0v) is 20.8. The monoisotopic (exact) mass is 535 g/mol. The summed E-state index contributed by atoms with van der Waals surface area (Å²) in [5.41, 5.74) is -0.355. The molecule has 0 saturated carbocycles. The lowest BCUT2D eigenvalue weighted by atomic mass is 9.96. The van der Waals surface area contributed by atoms with Crippen LogP contribution in [0.2, 0.25) is 5.02 Å². The molecule has 37 heavy (non-hydrogen) atoms. The number of amides is 1. The topological polar surface area (TPSA) is 65.1 Å². The lowest BCUT2D eigenvalue weighted by Crippen LogP contribution is -2.50. The minimum absolute atomic E-state index is 0.136. The number of hydrogen-bond donors (Lipinski definition) is 0. The van der Waals surface area contributed by atoms with Gasteiger partial charge in [0, 0.05) is 24.4 Å². The van der Waals surface area contributed by atoms with Gasteiger partial charge in [0.1, 0.15) is 24.2 Å². The molecule has 1 aliphatic rings. The van der Waals surface area contributed by atoms with Gasteiger partial charge in [-0.15, -0.1) is 0 Å². The maximum Gasteiger partial charge on any atom is 0.416 e. The summed E-state index contributed by atoms with van der Waals surface area (Å²) in [7, 11) is 1.68. The molecular weight excluding hydrogens is 511 g/mol. The molecule has 4 rings (SSSR count). The van der Waals surface area contributed by atoms with Crippen LogP contribution in [0.1, 0.15) is 24.1 Å². The highest BCUT2D eigenvalue weighted by Gasteiger charge is 2.40. The number of carbonyl (C=O) groups excluding carboxylic acids is 2. The van der Waals surface area contributed by atoms with Gasteiger partial charge in [0.15, 0.2) is 6.29 Å². The van der Waals surface area contributed by atoms with Crippen LogP contribution < -0.4 is 9.64 Å². The smallest absolute Gasteiger partial charge is 0.416 e. The molecule has 0 aromatic heterocycles. The summed E-state index contributed by atoms with van der Waals surface area (Å²) in [6.45, 7) is 2.40. The van der Waals surface area contributed by atoms with Gasteiger partial charge in [0.2, 0.25) is 0 Å². The summed E-state index contributed by atoms with van der Waals surface area (Å²) in [5.74, 6) is 0.545. The van der Waals surface area contributed by atoms with E-state index < -0.39 is 29.8 Å². The first-order valence-electron chi connectivity index (χ1n) is 11.3. The maximum absolute atomic E-state index is 13.3. The minimum atomic E-state index is -4.57. The first-order chi connectivity index (χ1) is 17.7. The molecule has 0 aliphatic carbocycles. The van der Waals surface area contributed by atoms with Gasteiger partial charge in [-0.3, -0.25) is 9.69 Å². The first kappa shape index (κ1) is 28.2. The molecule has 0 N–H and O–H groups in total. The van der Waals surface area contributed by atoms with Gasteiger partial charge in [-0.2, -0.15) is 13.2 Å². The molecule has 2 unspecified atom stereocenters. The van der Waals surface area contributed by atoms with E-state index in [0.717, 1.165) is 18.7 Å². The largest absolute Gasteiger partial charge is 0.457 e. The predicted octanol–water partition coefficient (Wildman–Crippen LogP) is 6.48. The van der Waals surface area contributed by atoms with Crippen molar-refractivity contribution in [1.29, 1.82) is 0 Å². The highest BCUT2D eigenvalue weighted by molar-refractivity contribution is 6.30. The second-order valence-corrected chi connectivity index (χ2v) is 8.31. The molecule has 0 radical (unpaired) electrons. The number of anilines is 1. The minimum Gasteiger partial charge on any atom is -0.457 e. The molecule has 3 aromatic rings. The normalized spacial score (nSPS) is 17.6. The van der Waals surface area contributed by atoms with E-state index in [2.05, 4.69) is 4.74 Å². The van der Waals surface area contributed by atoms with Gasteiger partial charge in [-0.25, -0.2) is 0 Å². The van der Waals surface area contributed by atoms with Crippen LogP contribution in [0.5, 0.6) is 11.5 Å². The third-order valence-corrected chi connectivity index (χ3v) is 5.65. The number of morpholine rings is 1. The van der Waals surface area contributed by atoms with E-state index in [1.165, 1.54) is 17.0 Å². The summed E-state index contributed by atoms with van der Waals surface area (Å²) in [4.78, 5) is 25.7. The van der Waals surface area contributed by atoms with Crippen molar-refractivity contribution in [3.63, 3.8) is 0 Å². The lowest BCUT2D eigenvalue weighted by Gasteiger charge is -2.39. The highest BCUT2D eigenvalue weighted by Crippen LogP contribution is 2.38. The van der Waals surface area contributed by atoms with Gasteiger partial charge in [0.25, 0.3) is 5.91 Å². The Morgan fingerprint density at radius 1 is 1.05 bits per heavy atom. The van der Waals surface area contributed by atoms with Crippen molar-refractivity contribution in [3.8, 4) is 11.5 Å². The maximum atomic E-state index is 13.3. The average molecular weight is 536 g/mol. The van der Waals surface area contributed by atoms with Crippen molar-refractivity contribution in [3.05, 3.63) is 88.9 Å². The van der Waals surface area contributed by atoms with E-state index in [4.69, 9.17) is 21.1 Å². The van der Waals surface area contributed by atoms with E-state index in [1.807, 2.05) is 6.92 Å². The van der Waals surface area contributed by atoms with E-state index in [9.17, 15) is 22.8 Å². The zero-order valence-electron chi connectivity index (χ0n) is 20.1. The molecule has 0 bridgehead atoms. The van der Waals surface area contributed by atoms with Crippen molar-refractivity contribution in [2.45, 2.75) is 25.2 Å². The summed E-state index contributed by atoms with van der Waals surface area (Å²) >= 11 is 5.87. The van der Waals surface area contributed by atoms with E-state index >= 15 is 0 Å². The van der Waals surface area contributed by atoms with Gasteiger partial charge in [-0.05, 0) is 73.2 Å². The Labute approximate surface area is 217 Å². The Hall–Kier alpha value is -3.40. The number of alkyl halides is 3. The number of aldehydes is 1. The third-order valence-electron chi connectivity index (χ3n) is 5.40. The fourth-order valence-electron chi connectivity index (χ4n) is 3.60. The average Bonchev–Trinajstić information content (AvgIpc) is 2.90. The molecule has 6 nitrogen and oxygen atoms in total. The van der Waals surface area contributed by atoms with Crippen molar-refractivity contribution in [2.24, 2.45) is 0 Å². The van der Waals surface area contributed by atoms with Crippen LogP contribution >= 0.6 is 11.6 Å². The lowest BCUT2D eigenvalue weighted by molar-refractivity contribution is -0.137. The van der Waals surface area contributed by atoms with Gasteiger partial charge in [0.05, 0.1) is 11.6 Å². The number of ether oxygens (including phenoxy) is 3. The Morgan fingerprint density at radius 3 is 2.19 bits per heavy atom. The van der Waals surface area contributed by atoms with Crippen LogP contribution in [0.15, 0.2) is 72.8 Å². The Morgan fingerprint density at radius 2 is 1.65 bits per heavy atom. The molecule has 3 aromatic carbocycles. The highest BCUT2D eigenvalue weighted by atomic mass is 35.5. The van der Waals surface area contributed by atoms with Crippen molar-refractivity contribution >= 4 is 29.5 Å². The van der Waals surface area contributed by atoms with Crippen molar-refractivity contribution < 1.29 is 37.0 Å². The summed E-state index contributed by atoms with van der Waals surface area (Å²) in [6.07, 6.45) is -5.21. The van der Waals surface area contributed by atoms with Crippen LogP contribution in [0.3, 0.4) is 0 Å².